The third-order valence-electron chi connectivity index (χ3n) is 5.45. The zero-order valence-corrected chi connectivity index (χ0v) is 18.1. The third kappa shape index (κ3) is 5.94. The van der Waals surface area contributed by atoms with Crippen LogP contribution in [0.25, 0.3) is 0 Å². The molecule has 0 saturated carbocycles. The van der Waals surface area contributed by atoms with Crippen LogP contribution in [0.3, 0.4) is 0 Å². The number of hydrogen-bond acceptors (Lipinski definition) is 8. The van der Waals surface area contributed by atoms with Gasteiger partial charge in [0, 0.05) is 38.9 Å². The first kappa shape index (κ1) is 23.0. The van der Waals surface area contributed by atoms with Gasteiger partial charge in [-0.2, -0.15) is 10.4 Å². The van der Waals surface area contributed by atoms with Gasteiger partial charge < -0.3 is 15.5 Å². The van der Waals surface area contributed by atoms with Crippen molar-refractivity contribution in [3.63, 3.8) is 0 Å². The van der Waals surface area contributed by atoms with Crippen LogP contribution in [0.15, 0.2) is 41.6 Å². The Labute approximate surface area is 187 Å². The number of carbonyl (C=O) groups excluding carboxylic acids is 1. The van der Waals surface area contributed by atoms with Crippen molar-refractivity contribution in [2.24, 2.45) is 16.8 Å². The minimum atomic E-state index is 0.0872. The number of piperazine rings is 1. The van der Waals surface area contributed by atoms with Gasteiger partial charge >= 0.3 is 0 Å². The van der Waals surface area contributed by atoms with E-state index in [2.05, 4.69) is 21.1 Å². The number of carbonyl (C=O) groups is 1. The smallest absolute Gasteiger partial charge is 0.227 e. The summed E-state index contributed by atoms with van der Waals surface area (Å²) >= 11 is 0. The van der Waals surface area contributed by atoms with Crippen LogP contribution < -0.4 is 21.4 Å². The lowest BCUT2D eigenvalue weighted by molar-refractivity contribution is -0.132. The molecule has 2 heterocycles. The van der Waals surface area contributed by atoms with E-state index in [1.54, 1.807) is 25.4 Å². The Hall–Kier alpha value is -3.68. The maximum absolute atomic E-state index is 12.7. The molecule has 0 unspecified atom stereocenters. The Morgan fingerprint density at radius 1 is 1.28 bits per heavy atom. The molecule has 1 aliphatic heterocycles. The van der Waals surface area contributed by atoms with Crippen LogP contribution in [0.2, 0.25) is 0 Å². The van der Waals surface area contributed by atoms with E-state index in [4.69, 9.17) is 21.7 Å². The van der Waals surface area contributed by atoms with E-state index in [9.17, 15) is 4.79 Å². The molecule has 1 amide bonds. The van der Waals surface area contributed by atoms with Gasteiger partial charge in [-0.15, -0.1) is 0 Å². The van der Waals surface area contributed by atoms with E-state index in [1.165, 1.54) is 11.3 Å². The molecule has 1 aromatic heterocycles. The van der Waals surface area contributed by atoms with Crippen LogP contribution in [0, 0.1) is 11.3 Å². The SMILES string of the molecule is COc1cc(CCN2CCN(C(=O)Cc3ccc(N(N)/C=N\N)nc3)CC2)ccc1C#N. The fourth-order valence-corrected chi connectivity index (χ4v) is 3.58. The molecule has 0 aliphatic carbocycles. The van der Waals surface area contributed by atoms with Gasteiger partial charge in [-0.1, -0.05) is 12.1 Å². The van der Waals surface area contributed by atoms with Crippen LogP contribution in [0.4, 0.5) is 5.82 Å². The number of methoxy groups -OCH3 is 1. The molecule has 0 atom stereocenters. The maximum Gasteiger partial charge on any atom is 0.227 e. The highest BCUT2D eigenvalue weighted by Gasteiger charge is 2.21. The molecule has 168 valence electrons. The summed E-state index contributed by atoms with van der Waals surface area (Å²) in [4.78, 5) is 21.1. The number of hydrazone groups is 1. The molecular formula is C22H28N8O2. The molecule has 3 rings (SSSR count). The summed E-state index contributed by atoms with van der Waals surface area (Å²) in [6.45, 7) is 3.95. The van der Waals surface area contributed by atoms with Crippen molar-refractivity contribution in [3.8, 4) is 11.8 Å². The molecule has 0 spiro atoms. The molecule has 0 radical (unpaired) electrons. The number of aromatic nitrogens is 1. The van der Waals surface area contributed by atoms with E-state index >= 15 is 0 Å². The lowest BCUT2D eigenvalue weighted by atomic mass is 10.1. The standard InChI is InChI=1S/C22H28N8O2/c1-32-20-12-17(2-4-19(20)14-23)6-7-28-8-10-29(11-9-28)22(31)13-18-3-5-21(26-15-18)30(25)16-27-24/h2-5,12,15-16H,6-11,13,24-25H2,1H3/b27-16-. The fourth-order valence-electron chi connectivity index (χ4n) is 3.58. The van der Waals surface area contributed by atoms with Gasteiger partial charge in [-0.05, 0) is 35.7 Å². The highest BCUT2D eigenvalue weighted by atomic mass is 16.5. The molecule has 10 heteroatoms. The topological polar surface area (TPSA) is 137 Å². The first-order chi connectivity index (χ1) is 15.5. The highest BCUT2D eigenvalue weighted by molar-refractivity contribution is 5.79. The fraction of sp³-hybridized carbons (Fsp3) is 0.364. The second kappa shape index (κ2) is 11.1. The van der Waals surface area contributed by atoms with E-state index in [1.807, 2.05) is 23.1 Å². The first-order valence-electron chi connectivity index (χ1n) is 10.3. The molecule has 1 aromatic carbocycles. The van der Waals surface area contributed by atoms with Crippen LogP contribution >= 0.6 is 0 Å². The second-order valence-corrected chi connectivity index (χ2v) is 7.49. The van der Waals surface area contributed by atoms with Gasteiger partial charge in [0.2, 0.25) is 5.91 Å². The van der Waals surface area contributed by atoms with Crippen molar-refractivity contribution in [1.82, 2.24) is 14.8 Å². The Bertz CT molecular complexity index is 978. The number of hydrogen-bond donors (Lipinski definition) is 2. The number of nitrogens with zero attached hydrogens (tertiary/aromatic N) is 6. The van der Waals surface area contributed by atoms with E-state index in [0.29, 0.717) is 36.6 Å². The zero-order chi connectivity index (χ0) is 22.9. The number of ether oxygens (including phenoxy) is 1. The lowest BCUT2D eigenvalue weighted by Crippen LogP contribution is -2.49. The van der Waals surface area contributed by atoms with Gasteiger partial charge in [0.25, 0.3) is 0 Å². The Balaban J connectivity index is 1.45. The molecule has 10 nitrogen and oxygen atoms in total. The quantitative estimate of drug-likeness (QED) is 0.264. The lowest BCUT2D eigenvalue weighted by Gasteiger charge is -2.34. The van der Waals surface area contributed by atoms with E-state index in [-0.39, 0.29) is 5.91 Å². The van der Waals surface area contributed by atoms with Crippen molar-refractivity contribution < 1.29 is 9.53 Å². The molecular weight excluding hydrogens is 408 g/mol. The van der Waals surface area contributed by atoms with Crippen molar-refractivity contribution >= 4 is 18.1 Å². The predicted molar refractivity (Wildman–Crippen MR) is 122 cm³/mol. The molecule has 2 aromatic rings. The number of anilines is 1. The first-order valence-corrected chi connectivity index (χ1v) is 10.3. The Morgan fingerprint density at radius 3 is 2.66 bits per heavy atom. The van der Waals surface area contributed by atoms with Gasteiger partial charge in [0.15, 0.2) is 0 Å². The minimum absolute atomic E-state index is 0.0872. The number of nitrogens with two attached hydrogens (primary N) is 2. The van der Waals surface area contributed by atoms with E-state index in [0.717, 1.165) is 37.2 Å². The normalized spacial score (nSPS) is 14.3. The average molecular weight is 437 g/mol. The number of nitriles is 1. The average Bonchev–Trinajstić information content (AvgIpc) is 2.83. The Morgan fingerprint density at radius 2 is 2.03 bits per heavy atom. The van der Waals surface area contributed by atoms with Crippen LogP contribution in [0.1, 0.15) is 16.7 Å². The summed E-state index contributed by atoms with van der Waals surface area (Å²) in [6.07, 6.45) is 4.05. The van der Waals surface area contributed by atoms with Crippen molar-refractivity contribution in [2.45, 2.75) is 12.8 Å². The van der Waals surface area contributed by atoms with Crippen LogP contribution in [-0.2, 0) is 17.6 Å². The van der Waals surface area contributed by atoms with Gasteiger partial charge in [0.1, 0.15) is 24.0 Å². The monoisotopic (exact) mass is 436 g/mol. The third-order valence-corrected chi connectivity index (χ3v) is 5.45. The van der Waals surface area contributed by atoms with Gasteiger partial charge in [0.05, 0.1) is 19.1 Å². The summed E-state index contributed by atoms with van der Waals surface area (Å²) in [6, 6.07) is 11.4. The second-order valence-electron chi connectivity index (χ2n) is 7.49. The largest absolute Gasteiger partial charge is 0.495 e. The molecule has 4 N–H and O–H groups in total. The molecule has 32 heavy (non-hydrogen) atoms. The van der Waals surface area contributed by atoms with Crippen LogP contribution in [-0.4, -0.2) is 66.9 Å². The molecule has 1 aliphatic rings. The molecule has 1 fully saturated rings. The van der Waals surface area contributed by atoms with E-state index < -0.39 is 0 Å². The summed E-state index contributed by atoms with van der Waals surface area (Å²) in [5.41, 5.74) is 2.50. The number of hydrazine groups is 1. The van der Waals surface area contributed by atoms with Crippen molar-refractivity contribution in [1.29, 1.82) is 5.26 Å². The highest BCUT2D eigenvalue weighted by Crippen LogP contribution is 2.20. The van der Waals surface area contributed by atoms with Crippen LogP contribution in [0.5, 0.6) is 5.75 Å². The van der Waals surface area contributed by atoms with Gasteiger partial charge in [-0.25, -0.2) is 15.8 Å². The number of amides is 1. The number of benzene rings is 1. The molecule has 0 bridgehead atoms. The minimum Gasteiger partial charge on any atom is -0.495 e. The Kier molecular flexibility index (Phi) is 7.96. The zero-order valence-electron chi connectivity index (χ0n) is 18.1. The summed E-state index contributed by atoms with van der Waals surface area (Å²) < 4.78 is 5.28. The summed E-state index contributed by atoms with van der Waals surface area (Å²) in [7, 11) is 1.57. The summed E-state index contributed by atoms with van der Waals surface area (Å²) in [5.74, 6) is 12.0. The maximum atomic E-state index is 12.7. The number of rotatable bonds is 8. The number of pyridine rings is 1. The van der Waals surface area contributed by atoms with Crippen molar-refractivity contribution in [3.05, 3.63) is 53.2 Å². The summed E-state index contributed by atoms with van der Waals surface area (Å²) in [5, 5.41) is 13.7. The predicted octanol–water partition coefficient (Wildman–Crippen LogP) is 0.473. The van der Waals surface area contributed by atoms with Crippen molar-refractivity contribution in [2.75, 3.05) is 44.8 Å². The van der Waals surface area contributed by atoms with Gasteiger partial charge in [-0.3, -0.25) is 9.69 Å². The molecule has 1 saturated heterocycles.